The molecule has 0 radical (unpaired) electrons. The molecule has 1 N–H and O–H groups in total. The normalized spacial score (nSPS) is 35.9. The van der Waals surface area contributed by atoms with Crippen molar-refractivity contribution in [3.63, 3.8) is 0 Å². The van der Waals surface area contributed by atoms with Gasteiger partial charge in [-0.15, -0.1) is 0 Å². The van der Waals surface area contributed by atoms with Crippen molar-refractivity contribution in [1.29, 1.82) is 0 Å². The molecule has 2 fully saturated rings. The predicted molar refractivity (Wildman–Crippen MR) is 49.7 cm³/mol. The van der Waals surface area contributed by atoms with Gasteiger partial charge in [0.1, 0.15) is 11.4 Å². The maximum absolute atomic E-state index is 11.9. The Labute approximate surface area is 86.8 Å². The molecule has 0 aromatic carbocycles. The Morgan fingerprint density at radius 3 is 2.40 bits per heavy atom. The number of hydrogen-bond donors (Lipinski definition) is 1. The zero-order valence-corrected chi connectivity index (χ0v) is 9.11. The molecule has 1 unspecified atom stereocenters. The van der Waals surface area contributed by atoms with E-state index < -0.39 is 37.9 Å². The van der Waals surface area contributed by atoms with Gasteiger partial charge in [0.15, 0.2) is 9.84 Å². The zero-order chi connectivity index (χ0) is 11.6. The van der Waals surface area contributed by atoms with Crippen molar-refractivity contribution < 1.29 is 23.1 Å². The van der Waals surface area contributed by atoms with E-state index in [-0.39, 0.29) is 6.42 Å². The summed E-state index contributed by atoms with van der Waals surface area (Å²) >= 11 is 0. The average molecular weight is 233 g/mol. The van der Waals surface area contributed by atoms with Gasteiger partial charge in [-0.25, -0.2) is 13.2 Å². The van der Waals surface area contributed by atoms with Crippen molar-refractivity contribution in [2.75, 3.05) is 0 Å². The summed E-state index contributed by atoms with van der Waals surface area (Å²) in [5.74, 6) is -1.67. The van der Waals surface area contributed by atoms with E-state index >= 15 is 0 Å². The van der Waals surface area contributed by atoms with Crippen LogP contribution in [0.3, 0.4) is 0 Å². The van der Waals surface area contributed by atoms with Crippen LogP contribution >= 0.6 is 0 Å². The van der Waals surface area contributed by atoms with Gasteiger partial charge in [0.2, 0.25) is 5.91 Å². The lowest BCUT2D eigenvalue weighted by molar-refractivity contribution is -0.157. The Hall–Kier alpha value is -1.11. The van der Waals surface area contributed by atoms with E-state index in [1.807, 2.05) is 0 Å². The van der Waals surface area contributed by atoms with Gasteiger partial charge in [0.25, 0.3) is 0 Å². The summed E-state index contributed by atoms with van der Waals surface area (Å²) in [6.07, 6.45) is -0.0878. The van der Waals surface area contributed by atoms with E-state index in [0.29, 0.717) is 0 Å². The number of carbonyl (C=O) groups is 2. The fraction of sp³-hybridized carbons (Fsp3) is 0.750. The van der Waals surface area contributed by atoms with Crippen molar-refractivity contribution in [3.8, 4) is 0 Å². The summed E-state index contributed by atoms with van der Waals surface area (Å²) in [7, 11) is -3.57. The summed E-state index contributed by atoms with van der Waals surface area (Å²) in [5, 5.41) is 8.03. The SMILES string of the molecule is CC1(C)C(C(=O)O)N2C(=O)C[C@H]2S1(=O)=O. The van der Waals surface area contributed by atoms with Crippen LogP contribution in [-0.2, 0) is 19.4 Å². The monoisotopic (exact) mass is 233 g/mol. The number of sulfone groups is 1. The molecule has 2 aliphatic rings. The van der Waals surface area contributed by atoms with Crippen LogP contribution in [0.15, 0.2) is 0 Å². The van der Waals surface area contributed by atoms with Crippen molar-refractivity contribution in [2.45, 2.75) is 36.4 Å². The largest absolute Gasteiger partial charge is 0.480 e. The molecule has 0 spiro atoms. The van der Waals surface area contributed by atoms with E-state index in [0.717, 1.165) is 4.90 Å². The third-order valence-electron chi connectivity index (χ3n) is 3.21. The molecule has 7 heteroatoms. The molecule has 0 aliphatic carbocycles. The van der Waals surface area contributed by atoms with Crippen molar-refractivity contribution in [3.05, 3.63) is 0 Å². The number of hydrogen-bond acceptors (Lipinski definition) is 4. The molecule has 6 nitrogen and oxygen atoms in total. The van der Waals surface area contributed by atoms with E-state index in [9.17, 15) is 18.0 Å². The molecule has 15 heavy (non-hydrogen) atoms. The zero-order valence-electron chi connectivity index (χ0n) is 8.30. The molecule has 0 aromatic rings. The molecule has 2 atom stereocenters. The van der Waals surface area contributed by atoms with Gasteiger partial charge in [-0.2, -0.15) is 0 Å². The highest BCUT2D eigenvalue weighted by Crippen LogP contribution is 2.45. The lowest BCUT2D eigenvalue weighted by Gasteiger charge is -2.35. The van der Waals surface area contributed by atoms with E-state index in [1.165, 1.54) is 13.8 Å². The number of β-lactam (4-membered cyclic amide) rings is 1. The Morgan fingerprint density at radius 2 is 2.07 bits per heavy atom. The van der Waals surface area contributed by atoms with Gasteiger partial charge in [0, 0.05) is 0 Å². The summed E-state index contributed by atoms with van der Waals surface area (Å²) in [4.78, 5) is 23.2. The first-order valence-electron chi connectivity index (χ1n) is 4.48. The van der Waals surface area contributed by atoms with Gasteiger partial charge in [-0.05, 0) is 13.8 Å². The molecule has 0 bridgehead atoms. The number of rotatable bonds is 1. The number of aliphatic carboxylic acids is 1. The van der Waals surface area contributed by atoms with Crippen LogP contribution in [0.5, 0.6) is 0 Å². The lowest BCUT2D eigenvalue weighted by atomic mass is 9.98. The molecule has 1 amide bonds. The third kappa shape index (κ3) is 0.961. The van der Waals surface area contributed by atoms with Crippen LogP contribution in [0.4, 0.5) is 0 Å². The summed E-state index contributed by atoms with van der Waals surface area (Å²) in [6.45, 7) is 2.71. The van der Waals surface area contributed by atoms with E-state index in [2.05, 4.69) is 0 Å². The highest BCUT2D eigenvalue weighted by molar-refractivity contribution is 7.93. The predicted octanol–water partition coefficient (Wildman–Crippen LogP) is -0.795. The highest BCUT2D eigenvalue weighted by atomic mass is 32.2. The topological polar surface area (TPSA) is 91.8 Å². The van der Waals surface area contributed by atoms with Crippen LogP contribution in [0.25, 0.3) is 0 Å². The van der Waals surface area contributed by atoms with Crippen LogP contribution in [0.2, 0.25) is 0 Å². The molecule has 0 aromatic heterocycles. The number of amides is 1. The van der Waals surface area contributed by atoms with Gasteiger partial charge in [0.05, 0.1) is 11.2 Å². The molecule has 2 saturated heterocycles. The second-order valence-corrected chi connectivity index (χ2v) is 7.04. The van der Waals surface area contributed by atoms with Crippen LogP contribution in [-0.4, -0.2) is 46.5 Å². The van der Waals surface area contributed by atoms with Gasteiger partial charge in [-0.3, -0.25) is 4.79 Å². The van der Waals surface area contributed by atoms with Crippen LogP contribution < -0.4 is 0 Å². The minimum absolute atomic E-state index is 0.0878. The fourth-order valence-corrected chi connectivity index (χ4v) is 4.36. The Bertz CT molecular complexity index is 452. The third-order valence-corrected chi connectivity index (χ3v) is 6.01. The number of nitrogens with zero attached hydrogens (tertiary/aromatic N) is 1. The molecule has 2 aliphatic heterocycles. The second kappa shape index (κ2) is 2.52. The van der Waals surface area contributed by atoms with E-state index in [4.69, 9.17) is 5.11 Å². The smallest absolute Gasteiger partial charge is 0.328 e. The molecular weight excluding hydrogens is 222 g/mol. The van der Waals surface area contributed by atoms with E-state index in [1.54, 1.807) is 0 Å². The number of fused-ring (bicyclic) bond motifs is 1. The quantitative estimate of drug-likeness (QED) is 0.599. The van der Waals surface area contributed by atoms with Gasteiger partial charge >= 0.3 is 5.97 Å². The molecule has 2 rings (SSSR count). The number of carbonyl (C=O) groups excluding carboxylic acids is 1. The molecule has 0 saturated carbocycles. The maximum atomic E-state index is 11.9. The Kier molecular flexibility index (Phi) is 1.75. The Balaban J connectivity index is 2.57. The van der Waals surface area contributed by atoms with Crippen molar-refractivity contribution in [1.82, 2.24) is 4.90 Å². The molecular formula is C8H11NO5S. The minimum Gasteiger partial charge on any atom is -0.480 e. The first-order valence-corrected chi connectivity index (χ1v) is 6.03. The summed E-state index contributed by atoms with van der Waals surface area (Å²) < 4.78 is 22.4. The second-order valence-electron chi connectivity index (χ2n) is 4.35. The molecule has 2 heterocycles. The number of carboxylic acid groups (broad SMARTS) is 1. The summed E-state index contributed by atoms with van der Waals surface area (Å²) in [5.41, 5.74) is 0. The molecule has 84 valence electrons. The minimum atomic E-state index is -3.57. The highest BCUT2D eigenvalue weighted by Gasteiger charge is 2.67. The van der Waals surface area contributed by atoms with Gasteiger partial charge < -0.3 is 10.0 Å². The standard InChI is InChI=1S/C8H11NO5S/c1-8(2)6(7(11)12)9-4(10)3-5(9)15(8,13)14/h5-6H,3H2,1-2H3,(H,11,12)/t5-,6?/m1/s1. The number of carboxylic acids is 1. The van der Waals surface area contributed by atoms with Crippen molar-refractivity contribution >= 4 is 21.7 Å². The summed E-state index contributed by atoms with van der Waals surface area (Å²) in [6, 6.07) is -1.26. The fourth-order valence-electron chi connectivity index (χ4n) is 2.23. The Morgan fingerprint density at radius 1 is 1.53 bits per heavy atom. The average Bonchev–Trinajstić information content (AvgIpc) is 2.19. The maximum Gasteiger partial charge on any atom is 0.328 e. The first-order chi connectivity index (χ1) is 6.71. The van der Waals surface area contributed by atoms with Crippen LogP contribution in [0.1, 0.15) is 20.3 Å². The first kappa shape index (κ1) is 10.4. The lowest BCUT2D eigenvalue weighted by Crippen LogP contribution is -2.57. The van der Waals surface area contributed by atoms with Crippen molar-refractivity contribution in [2.24, 2.45) is 0 Å². The van der Waals surface area contributed by atoms with Crippen LogP contribution in [0, 0.1) is 0 Å². The van der Waals surface area contributed by atoms with Gasteiger partial charge in [-0.1, -0.05) is 0 Å².